The molecule has 2 aromatic rings. The van der Waals surface area contributed by atoms with Gasteiger partial charge in [0.15, 0.2) is 0 Å². The van der Waals surface area contributed by atoms with E-state index in [4.69, 9.17) is 11.6 Å². The molecule has 1 N–H and O–H groups in total. The minimum absolute atomic E-state index is 0.00600. The second-order valence-electron chi connectivity index (χ2n) is 6.64. The maximum absolute atomic E-state index is 13.0. The molecule has 0 bridgehead atoms. The summed E-state index contributed by atoms with van der Waals surface area (Å²) in [5.41, 5.74) is 0.672. The van der Waals surface area contributed by atoms with Crippen LogP contribution in [0.1, 0.15) is 42.5 Å². The summed E-state index contributed by atoms with van der Waals surface area (Å²) >= 11 is 6.15. The smallest absolute Gasteiger partial charge is 0.257 e. The highest BCUT2D eigenvalue weighted by atomic mass is 35.5. The molecule has 1 aliphatic rings. The van der Waals surface area contributed by atoms with Crippen LogP contribution in [0.15, 0.2) is 47.6 Å². The Labute approximate surface area is 164 Å². The number of benzene rings is 1. The molecule has 0 spiro atoms. The predicted octanol–water partition coefficient (Wildman–Crippen LogP) is 3.94. The number of hydrogen-bond acceptors (Lipinski definition) is 4. The quantitative estimate of drug-likeness (QED) is 0.814. The van der Waals surface area contributed by atoms with Crippen molar-refractivity contribution >= 4 is 33.2 Å². The van der Waals surface area contributed by atoms with Crippen LogP contribution in [0.4, 0.5) is 5.69 Å². The summed E-state index contributed by atoms with van der Waals surface area (Å²) < 4.78 is 27.5. The van der Waals surface area contributed by atoms with Gasteiger partial charge in [-0.15, -0.1) is 0 Å². The van der Waals surface area contributed by atoms with Gasteiger partial charge in [0.2, 0.25) is 10.0 Å². The van der Waals surface area contributed by atoms with Gasteiger partial charge in [-0.25, -0.2) is 8.42 Å². The fourth-order valence-corrected chi connectivity index (χ4v) is 4.93. The van der Waals surface area contributed by atoms with Gasteiger partial charge in [0.05, 0.1) is 15.5 Å². The number of nitrogens with one attached hydrogen (secondary N) is 1. The van der Waals surface area contributed by atoms with Crippen LogP contribution >= 0.6 is 11.6 Å². The number of carbonyl (C=O) groups is 1. The van der Waals surface area contributed by atoms with Gasteiger partial charge in [0.25, 0.3) is 5.91 Å². The van der Waals surface area contributed by atoms with E-state index in [2.05, 4.69) is 10.3 Å². The summed E-state index contributed by atoms with van der Waals surface area (Å²) in [6, 6.07) is 7.51. The lowest BCUT2D eigenvalue weighted by molar-refractivity contribution is 0.102. The Balaban J connectivity index is 1.86. The average molecular weight is 408 g/mol. The molecule has 0 atom stereocenters. The highest BCUT2D eigenvalue weighted by Crippen LogP contribution is 2.28. The number of hydrogen-bond donors (Lipinski definition) is 1. The Kier molecular flexibility index (Phi) is 6.14. The summed E-state index contributed by atoms with van der Waals surface area (Å²) in [6.45, 7) is 0. The molecule has 1 saturated carbocycles. The van der Waals surface area contributed by atoms with Crippen molar-refractivity contribution in [3.8, 4) is 0 Å². The summed E-state index contributed by atoms with van der Waals surface area (Å²) in [4.78, 5) is 16.5. The van der Waals surface area contributed by atoms with E-state index in [1.165, 1.54) is 22.5 Å². The van der Waals surface area contributed by atoms with Gasteiger partial charge in [-0.2, -0.15) is 4.31 Å². The molecule has 8 heteroatoms. The van der Waals surface area contributed by atoms with Crippen LogP contribution < -0.4 is 5.32 Å². The van der Waals surface area contributed by atoms with Crippen LogP contribution in [0.2, 0.25) is 5.02 Å². The van der Waals surface area contributed by atoms with E-state index in [9.17, 15) is 13.2 Å². The second-order valence-corrected chi connectivity index (χ2v) is 9.05. The van der Waals surface area contributed by atoms with Crippen molar-refractivity contribution in [1.82, 2.24) is 9.29 Å². The Bertz CT molecular complexity index is 913. The van der Waals surface area contributed by atoms with Crippen LogP contribution in [0.25, 0.3) is 0 Å². The zero-order valence-electron chi connectivity index (χ0n) is 15.1. The Morgan fingerprint density at radius 1 is 1.15 bits per heavy atom. The van der Waals surface area contributed by atoms with Crippen molar-refractivity contribution in [3.63, 3.8) is 0 Å². The third kappa shape index (κ3) is 4.48. The first-order valence-corrected chi connectivity index (χ1v) is 10.7. The topological polar surface area (TPSA) is 79.4 Å². The highest BCUT2D eigenvalue weighted by Gasteiger charge is 2.30. The maximum Gasteiger partial charge on any atom is 0.257 e. The molecule has 144 valence electrons. The molecular formula is C19H22ClN3O3S. The third-order valence-corrected chi connectivity index (χ3v) is 7.12. The normalized spacial score (nSPS) is 15.7. The minimum atomic E-state index is -3.70. The summed E-state index contributed by atoms with van der Waals surface area (Å²) in [5.74, 6) is -0.469. The molecule has 0 aliphatic heterocycles. The molecule has 27 heavy (non-hydrogen) atoms. The Hall–Kier alpha value is -1.96. The van der Waals surface area contributed by atoms with Crippen molar-refractivity contribution in [2.75, 3.05) is 12.4 Å². The Morgan fingerprint density at radius 3 is 2.48 bits per heavy atom. The van der Waals surface area contributed by atoms with Crippen molar-refractivity contribution in [2.24, 2.45) is 0 Å². The zero-order chi connectivity index (χ0) is 19.4. The summed E-state index contributed by atoms with van der Waals surface area (Å²) in [7, 11) is -2.09. The molecule has 0 saturated heterocycles. The molecule has 1 aliphatic carbocycles. The number of rotatable bonds is 5. The third-order valence-electron chi connectivity index (χ3n) is 4.89. The van der Waals surface area contributed by atoms with Crippen LogP contribution in [0.3, 0.4) is 0 Å². The molecule has 3 rings (SSSR count). The van der Waals surface area contributed by atoms with Crippen LogP contribution in [0, 0.1) is 0 Å². The first-order valence-electron chi connectivity index (χ1n) is 8.88. The standard InChI is InChI=1S/C19H22ClN3O3S/c1-23(15-5-3-2-4-6-15)27(25,26)16-7-8-18(20)17(13-16)19(24)22-14-9-11-21-12-10-14/h7-13,15H,2-6H2,1H3,(H,21,22,24). The second kappa shape index (κ2) is 8.37. The molecule has 1 aromatic heterocycles. The lowest BCUT2D eigenvalue weighted by Gasteiger charge is -2.30. The molecule has 1 aromatic carbocycles. The first-order chi connectivity index (χ1) is 12.9. The van der Waals surface area contributed by atoms with Crippen molar-refractivity contribution in [1.29, 1.82) is 0 Å². The van der Waals surface area contributed by atoms with E-state index >= 15 is 0 Å². The van der Waals surface area contributed by atoms with Gasteiger partial charge in [-0.05, 0) is 43.2 Å². The van der Waals surface area contributed by atoms with Crippen molar-refractivity contribution < 1.29 is 13.2 Å². The number of amides is 1. The lowest BCUT2D eigenvalue weighted by Crippen LogP contribution is -2.38. The number of anilines is 1. The number of pyridine rings is 1. The van der Waals surface area contributed by atoms with E-state index in [1.807, 2.05) is 0 Å². The molecule has 1 fully saturated rings. The van der Waals surface area contributed by atoms with Gasteiger partial charge < -0.3 is 5.32 Å². The fraction of sp³-hybridized carbons (Fsp3) is 0.368. The van der Waals surface area contributed by atoms with Gasteiger partial charge in [-0.1, -0.05) is 30.9 Å². The minimum Gasteiger partial charge on any atom is -0.322 e. The van der Waals surface area contributed by atoms with Crippen LogP contribution in [-0.4, -0.2) is 36.7 Å². The lowest BCUT2D eigenvalue weighted by atomic mass is 9.96. The molecule has 0 unspecified atom stereocenters. The van der Waals surface area contributed by atoms with Gasteiger partial charge in [0, 0.05) is 31.2 Å². The van der Waals surface area contributed by atoms with E-state index < -0.39 is 15.9 Å². The molecule has 0 radical (unpaired) electrons. The van der Waals surface area contributed by atoms with Crippen LogP contribution in [-0.2, 0) is 10.0 Å². The number of sulfonamides is 1. The highest BCUT2D eigenvalue weighted by molar-refractivity contribution is 7.89. The Morgan fingerprint density at radius 2 is 1.81 bits per heavy atom. The number of carbonyl (C=O) groups excluding carboxylic acids is 1. The first kappa shape index (κ1) is 19.8. The van der Waals surface area contributed by atoms with Crippen LogP contribution in [0.5, 0.6) is 0 Å². The maximum atomic E-state index is 13.0. The monoisotopic (exact) mass is 407 g/mol. The van der Waals surface area contributed by atoms with Crippen molar-refractivity contribution in [3.05, 3.63) is 53.3 Å². The van der Waals surface area contributed by atoms with Gasteiger partial charge in [0.1, 0.15) is 0 Å². The molecule has 1 amide bonds. The number of aromatic nitrogens is 1. The fourth-order valence-electron chi connectivity index (χ4n) is 3.28. The van der Waals surface area contributed by atoms with E-state index in [0.717, 1.165) is 32.1 Å². The summed E-state index contributed by atoms with van der Waals surface area (Å²) in [6.07, 6.45) is 8.03. The zero-order valence-corrected chi connectivity index (χ0v) is 16.6. The average Bonchev–Trinajstić information content (AvgIpc) is 2.69. The molecule has 1 heterocycles. The SMILES string of the molecule is CN(C1CCCCC1)S(=O)(=O)c1ccc(Cl)c(C(=O)Nc2ccncc2)c1. The van der Waals surface area contributed by atoms with Gasteiger partial charge in [-0.3, -0.25) is 9.78 Å². The largest absolute Gasteiger partial charge is 0.322 e. The predicted molar refractivity (Wildman–Crippen MR) is 105 cm³/mol. The van der Waals surface area contributed by atoms with Gasteiger partial charge >= 0.3 is 0 Å². The van der Waals surface area contributed by atoms with E-state index in [1.54, 1.807) is 31.6 Å². The molecular weight excluding hydrogens is 386 g/mol. The summed E-state index contributed by atoms with van der Waals surface area (Å²) in [5, 5.41) is 2.89. The van der Waals surface area contributed by atoms with E-state index in [0.29, 0.717) is 5.69 Å². The number of nitrogens with zero attached hydrogens (tertiary/aromatic N) is 2. The van der Waals surface area contributed by atoms with Crippen molar-refractivity contribution in [2.45, 2.75) is 43.0 Å². The number of halogens is 1. The van der Waals surface area contributed by atoms with E-state index in [-0.39, 0.29) is 21.5 Å². The molecule has 6 nitrogen and oxygen atoms in total.